The van der Waals surface area contributed by atoms with Gasteiger partial charge in [0.15, 0.2) is 0 Å². The van der Waals surface area contributed by atoms with Crippen LogP contribution in [-0.4, -0.2) is 8.80 Å². The monoisotopic (exact) mass is 218 g/mol. The summed E-state index contributed by atoms with van der Waals surface area (Å²) in [5.41, 5.74) is 1.37. The summed E-state index contributed by atoms with van der Waals surface area (Å²) in [4.78, 5) is 0. The molecular formula is C14H22Si. The molecule has 15 heavy (non-hydrogen) atoms. The first-order valence-corrected chi connectivity index (χ1v) is 8.88. The van der Waals surface area contributed by atoms with E-state index in [2.05, 4.69) is 56.4 Å². The van der Waals surface area contributed by atoms with Gasteiger partial charge in [0.25, 0.3) is 0 Å². The van der Waals surface area contributed by atoms with Crippen LogP contribution in [0.5, 0.6) is 0 Å². The average molecular weight is 218 g/mol. The van der Waals surface area contributed by atoms with Crippen molar-refractivity contribution in [2.75, 3.05) is 0 Å². The summed E-state index contributed by atoms with van der Waals surface area (Å²) in [6.45, 7) is 7.11. The number of allylic oxidation sites excluding steroid dienone is 1. The number of benzene rings is 1. The van der Waals surface area contributed by atoms with E-state index in [0.717, 1.165) is 0 Å². The fraction of sp³-hybridized carbons (Fsp3) is 0.429. The SMILES string of the molecule is CCCCC(=Cc1ccccc1)[SiH](C)C. The molecule has 0 nitrogen and oxygen atoms in total. The molecule has 0 fully saturated rings. The molecule has 0 aliphatic carbocycles. The van der Waals surface area contributed by atoms with Gasteiger partial charge < -0.3 is 0 Å². The summed E-state index contributed by atoms with van der Waals surface area (Å²) in [6, 6.07) is 10.7. The first-order valence-electron chi connectivity index (χ1n) is 5.99. The van der Waals surface area contributed by atoms with Gasteiger partial charge in [0, 0.05) is 0 Å². The highest BCUT2D eigenvalue weighted by Crippen LogP contribution is 2.15. The van der Waals surface area contributed by atoms with Crippen LogP contribution < -0.4 is 0 Å². The molecule has 0 aliphatic heterocycles. The van der Waals surface area contributed by atoms with Crippen molar-refractivity contribution in [3.8, 4) is 0 Å². The first kappa shape index (κ1) is 12.2. The summed E-state index contributed by atoms with van der Waals surface area (Å²) >= 11 is 0. The third kappa shape index (κ3) is 4.48. The maximum absolute atomic E-state index is 2.42. The van der Waals surface area contributed by atoms with Crippen LogP contribution in [0.3, 0.4) is 0 Å². The van der Waals surface area contributed by atoms with Gasteiger partial charge >= 0.3 is 0 Å². The smallest absolute Gasteiger partial charge is 0.0595 e. The number of unbranched alkanes of at least 4 members (excludes halogenated alkanes) is 1. The zero-order chi connectivity index (χ0) is 11.1. The zero-order valence-electron chi connectivity index (χ0n) is 10.2. The Morgan fingerprint density at radius 2 is 1.87 bits per heavy atom. The molecule has 0 radical (unpaired) electrons. The Hall–Kier alpha value is -0.823. The van der Waals surface area contributed by atoms with Gasteiger partial charge in [0.1, 0.15) is 0 Å². The standard InChI is InChI=1S/C14H22Si/c1-4-5-11-14(15(2)3)12-13-9-7-6-8-10-13/h6-10,12,15H,4-5,11H2,1-3H3. The minimum absolute atomic E-state index is 0.626. The fourth-order valence-corrected chi connectivity index (χ4v) is 2.98. The summed E-state index contributed by atoms with van der Waals surface area (Å²) < 4.78 is 0. The Kier molecular flexibility index (Phi) is 5.41. The molecule has 0 atom stereocenters. The quantitative estimate of drug-likeness (QED) is 0.647. The highest BCUT2D eigenvalue weighted by atomic mass is 28.3. The van der Waals surface area contributed by atoms with Crippen LogP contribution in [0.4, 0.5) is 0 Å². The summed E-state index contributed by atoms with van der Waals surface area (Å²) in [5.74, 6) is 0. The minimum atomic E-state index is -0.626. The highest BCUT2D eigenvalue weighted by molar-refractivity contribution is 6.64. The molecule has 0 N–H and O–H groups in total. The van der Waals surface area contributed by atoms with E-state index in [1.165, 1.54) is 24.8 Å². The van der Waals surface area contributed by atoms with Gasteiger partial charge in [0.05, 0.1) is 8.80 Å². The predicted molar refractivity (Wildman–Crippen MR) is 72.8 cm³/mol. The van der Waals surface area contributed by atoms with Crippen molar-refractivity contribution in [3.05, 3.63) is 41.1 Å². The van der Waals surface area contributed by atoms with E-state index in [9.17, 15) is 0 Å². The summed E-state index contributed by atoms with van der Waals surface area (Å²) in [6.07, 6.45) is 6.35. The van der Waals surface area contributed by atoms with Crippen LogP contribution in [0.25, 0.3) is 6.08 Å². The maximum Gasteiger partial charge on any atom is 0.0595 e. The molecule has 82 valence electrons. The molecule has 0 bridgehead atoms. The van der Waals surface area contributed by atoms with E-state index in [1.54, 1.807) is 5.20 Å². The van der Waals surface area contributed by atoms with Crippen molar-refractivity contribution in [2.24, 2.45) is 0 Å². The molecule has 0 aromatic heterocycles. The van der Waals surface area contributed by atoms with E-state index in [-0.39, 0.29) is 0 Å². The minimum Gasteiger partial charge on any atom is -0.0840 e. The second-order valence-electron chi connectivity index (χ2n) is 4.39. The van der Waals surface area contributed by atoms with Crippen LogP contribution >= 0.6 is 0 Å². The average Bonchev–Trinajstić information content (AvgIpc) is 2.25. The topological polar surface area (TPSA) is 0 Å². The van der Waals surface area contributed by atoms with Crippen LogP contribution in [0.1, 0.15) is 31.7 Å². The Balaban J connectivity index is 2.75. The Bertz CT molecular complexity index is 298. The van der Waals surface area contributed by atoms with Gasteiger partial charge in [-0.25, -0.2) is 0 Å². The van der Waals surface area contributed by atoms with E-state index in [0.29, 0.717) is 0 Å². The molecule has 1 aromatic carbocycles. The van der Waals surface area contributed by atoms with Crippen LogP contribution in [-0.2, 0) is 0 Å². The zero-order valence-corrected chi connectivity index (χ0v) is 11.3. The molecule has 0 saturated carbocycles. The molecule has 0 saturated heterocycles. The largest absolute Gasteiger partial charge is 0.0840 e. The highest BCUT2D eigenvalue weighted by Gasteiger charge is 2.03. The van der Waals surface area contributed by atoms with Gasteiger partial charge in [-0.05, 0) is 12.0 Å². The van der Waals surface area contributed by atoms with Crippen molar-refractivity contribution in [3.63, 3.8) is 0 Å². The second-order valence-corrected chi connectivity index (χ2v) is 7.44. The summed E-state index contributed by atoms with van der Waals surface area (Å²) in [7, 11) is -0.626. The number of hydrogen-bond donors (Lipinski definition) is 0. The molecular weight excluding hydrogens is 196 g/mol. The van der Waals surface area contributed by atoms with Gasteiger partial charge in [-0.3, -0.25) is 0 Å². The lowest BCUT2D eigenvalue weighted by molar-refractivity contribution is 0.807. The van der Waals surface area contributed by atoms with Gasteiger partial charge in [0.2, 0.25) is 0 Å². The fourth-order valence-electron chi connectivity index (χ4n) is 1.67. The van der Waals surface area contributed by atoms with E-state index in [1.807, 2.05) is 0 Å². The predicted octanol–water partition coefficient (Wildman–Crippen LogP) is 4.29. The molecule has 1 heteroatoms. The lowest BCUT2D eigenvalue weighted by atomic mass is 10.1. The van der Waals surface area contributed by atoms with Crippen molar-refractivity contribution in [1.29, 1.82) is 0 Å². The maximum atomic E-state index is 2.42. The third-order valence-electron chi connectivity index (χ3n) is 2.71. The number of rotatable bonds is 5. The van der Waals surface area contributed by atoms with Crippen molar-refractivity contribution in [2.45, 2.75) is 39.3 Å². The van der Waals surface area contributed by atoms with Crippen LogP contribution in [0, 0.1) is 0 Å². The van der Waals surface area contributed by atoms with Gasteiger partial charge in [-0.1, -0.05) is 74.5 Å². The van der Waals surface area contributed by atoms with E-state index in [4.69, 9.17) is 0 Å². The number of hydrogen-bond acceptors (Lipinski definition) is 0. The molecule has 0 unspecified atom stereocenters. The van der Waals surface area contributed by atoms with Gasteiger partial charge in [-0.2, -0.15) is 0 Å². The molecule has 1 rings (SSSR count). The third-order valence-corrected chi connectivity index (χ3v) is 4.65. The first-order chi connectivity index (χ1) is 7.24. The Morgan fingerprint density at radius 3 is 2.40 bits per heavy atom. The molecule has 0 amide bonds. The van der Waals surface area contributed by atoms with Gasteiger partial charge in [-0.15, -0.1) is 0 Å². The molecule has 0 aliphatic rings. The van der Waals surface area contributed by atoms with Crippen molar-refractivity contribution in [1.82, 2.24) is 0 Å². The normalized spacial score (nSPS) is 12.1. The van der Waals surface area contributed by atoms with E-state index < -0.39 is 8.80 Å². The summed E-state index contributed by atoms with van der Waals surface area (Å²) in [5, 5.41) is 1.71. The van der Waals surface area contributed by atoms with Crippen molar-refractivity contribution < 1.29 is 0 Å². The van der Waals surface area contributed by atoms with Crippen LogP contribution in [0.2, 0.25) is 13.1 Å². The Labute approximate surface area is 95.6 Å². The van der Waals surface area contributed by atoms with E-state index >= 15 is 0 Å². The van der Waals surface area contributed by atoms with Crippen LogP contribution in [0.15, 0.2) is 35.5 Å². The second kappa shape index (κ2) is 6.62. The molecule has 1 aromatic rings. The Morgan fingerprint density at radius 1 is 1.20 bits per heavy atom. The molecule has 0 heterocycles. The lowest BCUT2D eigenvalue weighted by Crippen LogP contribution is -2.05. The molecule has 0 spiro atoms. The van der Waals surface area contributed by atoms with Crippen molar-refractivity contribution >= 4 is 14.9 Å². The lowest BCUT2D eigenvalue weighted by Gasteiger charge is -2.09.